The summed E-state index contributed by atoms with van der Waals surface area (Å²) in [5, 5.41) is 0. The summed E-state index contributed by atoms with van der Waals surface area (Å²) in [5.41, 5.74) is 7.39. The van der Waals surface area contributed by atoms with Gasteiger partial charge in [-0.3, -0.25) is 0 Å². The van der Waals surface area contributed by atoms with Crippen molar-refractivity contribution in [3.05, 3.63) is 133 Å². The van der Waals surface area contributed by atoms with Crippen molar-refractivity contribution in [3.8, 4) is 22.6 Å². The first-order valence-corrected chi connectivity index (χ1v) is 11.2. The molecule has 0 atom stereocenters. The van der Waals surface area contributed by atoms with Crippen LogP contribution in [0.3, 0.4) is 0 Å². The molecule has 5 aromatic rings. The Kier molecular flexibility index (Phi) is 4.93. The lowest BCUT2D eigenvalue weighted by Gasteiger charge is -2.39. The molecule has 0 unspecified atom stereocenters. The van der Waals surface area contributed by atoms with Gasteiger partial charge in [0.1, 0.15) is 11.5 Å². The van der Waals surface area contributed by atoms with Gasteiger partial charge in [0.25, 0.3) is 0 Å². The molecule has 1 heterocycles. The Morgan fingerprint density at radius 3 is 1.97 bits per heavy atom. The van der Waals surface area contributed by atoms with E-state index in [4.69, 9.17) is 4.74 Å². The molecule has 0 radical (unpaired) electrons. The third kappa shape index (κ3) is 3.58. The lowest BCUT2D eigenvalue weighted by Crippen LogP contribution is -2.57. The van der Waals surface area contributed by atoms with Crippen molar-refractivity contribution in [1.82, 2.24) is 0 Å². The van der Waals surface area contributed by atoms with E-state index in [2.05, 4.69) is 102 Å². The molecule has 33 heavy (non-hydrogen) atoms. The molecule has 1 aliphatic rings. The molecule has 0 saturated carbocycles. The highest BCUT2D eigenvalue weighted by Crippen LogP contribution is 2.40. The first-order chi connectivity index (χ1) is 16.4. The normalized spacial score (nSPS) is 12.1. The lowest BCUT2D eigenvalue weighted by atomic mass is 9.46. The third-order valence-electron chi connectivity index (χ3n) is 6.16. The van der Waals surface area contributed by atoms with Crippen molar-refractivity contribution >= 4 is 29.1 Å². The Hall–Kier alpha value is -4.24. The Bertz CT molecular complexity index is 1400. The van der Waals surface area contributed by atoms with Crippen molar-refractivity contribution in [1.29, 1.82) is 0 Å². The van der Waals surface area contributed by atoms with Crippen LogP contribution in [0, 0.1) is 0 Å². The first kappa shape index (κ1) is 19.5. The largest absolute Gasteiger partial charge is 0.457 e. The maximum Gasteiger partial charge on any atom is 0.328 e. The van der Waals surface area contributed by atoms with Gasteiger partial charge in [0, 0.05) is 23.0 Å². The summed E-state index contributed by atoms with van der Waals surface area (Å²) in [4.78, 5) is 2.44. The summed E-state index contributed by atoms with van der Waals surface area (Å²) in [6, 6.07) is 46.5. The van der Waals surface area contributed by atoms with Crippen LogP contribution in [0.5, 0.6) is 11.5 Å². The van der Waals surface area contributed by atoms with Gasteiger partial charge >= 0.3 is 6.85 Å². The highest BCUT2D eigenvalue weighted by Gasteiger charge is 2.36. The molecule has 0 spiro atoms. The highest BCUT2D eigenvalue weighted by atomic mass is 16.5. The zero-order valence-corrected chi connectivity index (χ0v) is 18.1. The molecule has 0 aromatic heterocycles. The van der Waals surface area contributed by atoms with Crippen LogP contribution < -0.4 is 20.5 Å². The van der Waals surface area contributed by atoms with Crippen molar-refractivity contribution in [3.63, 3.8) is 0 Å². The van der Waals surface area contributed by atoms with E-state index in [0.29, 0.717) is 0 Å². The van der Waals surface area contributed by atoms with E-state index in [9.17, 15) is 0 Å². The fourth-order valence-electron chi connectivity index (χ4n) is 4.74. The number of para-hydroxylation sites is 2. The van der Waals surface area contributed by atoms with Gasteiger partial charge in [0.2, 0.25) is 0 Å². The zero-order chi connectivity index (χ0) is 22.0. The number of nitrogens with zero attached hydrogens (tertiary/aromatic N) is 1. The van der Waals surface area contributed by atoms with Gasteiger partial charge in [0.05, 0.1) is 0 Å². The van der Waals surface area contributed by atoms with E-state index in [1.54, 1.807) is 0 Å². The minimum absolute atomic E-state index is 0.0595. The van der Waals surface area contributed by atoms with Gasteiger partial charge in [0.15, 0.2) is 0 Å². The molecule has 1 aliphatic heterocycles. The van der Waals surface area contributed by atoms with Crippen molar-refractivity contribution in [2.75, 3.05) is 4.81 Å². The smallest absolute Gasteiger partial charge is 0.328 e. The first-order valence-electron chi connectivity index (χ1n) is 11.2. The molecule has 0 bridgehead atoms. The van der Waals surface area contributed by atoms with Gasteiger partial charge in [-0.25, -0.2) is 0 Å². The molecule has 0 amide bonds. The van der Waals surface area contributed by atoms with Crippen molar-refractivity contribution in [2.24, 2.45) is 0 Å². The molecule has 0 aliphatic carbocycles. The van der Waals surface area contributed by atoms with Crippen LogP contribution in [-0.4, -0.2) is 6.85 Å². The molecule has 6 rings (SSSR count). The number of hydrogen-bond acceptors (Lipinski definition) is 2. The predicted molar refractivity (Wildman–Crippen MR) is 138 cm³/mol. The number of benzene rings is 5. The Morgan fingerprint density at radius 1 is 0.515 bits per heavy atom. The maximum atomic E-state index is 6.18. The van der Waals surface area contributed by atoms with E-state index in [0.717, 1.165) is 17.2 Å². The summed E-state index contributed by atoms with van der Waals surface area (Å²) >= 11 is 0. The van der Waals surface area contributed by atoms with Crippen LogP contribution >= 0.6 is 0 Å². The van der Waals surface area contributed by atoms with Crippen molar-refractivity contribution in [2.45, 2.75) is 0 Å². The Labute approximate surface area is 194 Å². The molecule has 3 heteroatoms. The van der Waals surface area contributed by atoms with E-state index in [1.165, 1.54) is 27.7 Å². The Morgan fingerprint density at radius 2 is 1.15 bits per heavy atom. The molecule has 156 valence electrons. The minimum Gasteiger partial charge on any atom is -0.457 e. The Balaban J connectivity index is 1.53. The number of rotatable bonds is 4. The van der Waals surface area contributed by atoms with Gasteiger partial charge in [-0.05, 0) is 41.4 Å². The van der Waals surface area contributed by atoms with Crippen LogP contribution in [0.4, 0.5) is 11.4 Å². The van der Waals surface area contributed by atoms with E-state index in [-0.39, 0.29) is 6.85 Å². The van der Waals surface area contributed by atoms with Gasteiger partial charge in [-0.2, -0.15) is 0 Å². The second-order valence-electron chi connectivity index (χ2n) is 8.20. The predicted octanol–water partition coefficient (Wildman–Crippen LogP) is 6.40. The second kappa shape index (κ2) is 8.36. The summed E-state index contributed by atoms with van der Waals surface area (Å²) in [6.07, 6.45) is 0. The molecule has 0 fully saturated rings. The summed E-state index contributed by atoms with van der Waals surface area (Å²) < 4.78 is 6.18. The quantitative estimate of drug-likeness (QED) is 0.310. The SMILES string of the molecule is c1ccc(Oc2cccc(N3B(c4ccccc4)c4ccccc4-c4ccccc43)c2)cc1. The molecular formula is C30H22BNO. The molecule has 0 N–H and O–H groups in total. The highest BCUT2D eigenvalue weighted by molar-refractivity contribution is 6.90. The molecule has 5 aromatic carbocycles. The van der Waals surface area contributed by atoms with Crippen LogP contribution in [0.2, 0.25) is 0 Å². The molecule has 2 nitrogen and oxygen atoms in total. The van der Waals surface area contributed by atoms with E-state index >= 15 is 0 Å². The summed E-state index contributed by atoms with van der Waals surface area (Å²) in [5.74, 6) is 1.65. The summed E-state index contributed by atoms with van der Waals surface area (Å²) in [6.45, 7) is 0.0595. The van der Waals surface area contributed by atoms with E-state index < -0.39 is 0 Å². The number of fused-ring (bicyclic) bond motifs is 3. The fraction of sp³-hybridized carbons (Fsp3) is 0. The molecular weight excluding hydrogens is 401 g/mol. The van der Waals surface area contributed by atoms with Gasteiger partial charge in [-0.1, -0.05) is 103 Å². The monoisotopic (exact) mass is 423 g/mol. The number of ether oxygens (including phenoxy) is 1. The van der Waals surface area contributed by atoms with Gasteiger partial charge in [-0.15, -0.1) is 0 Å². The summed E-state index contributed by atoms with van der Waals surface area (Å²) in [7, 11) is 0. The third-order valence-corrected chi connectivity index (χ3v) is 6.16. The van der Waals surface area contributed by atoms with Gasteiger partial charge < -0.3 is 9.55 Å². The lowest BCUT2D eigenvalue weighted by molar-refractivity contribution is 0.483. The van der Waals surface area contributed by atoms with Crippen LogP contribution in [0.15, 0.2) is 133 Å². The standard InChI is InChI=1S/C30H22BNO/c1-3-12-23(13-4-1)31-29-20-9-7-18-27(29)28-19-8-10-21-30(28)32(31)24-14-11-17-26(22-24)33-25-15-5-2-6-16-25/h1-22H. The van der Waals surface area contributed by atoms with Crippen LogP contribution in [0.25, 0.3) is 11.1 Å². The minimum atomic E-state index is 0.0595. The topological polar surface area (TPSA) is 12.5 Å². The van der Waals surface area contributed by atoms with Crippen LogP contribution in [0.1, 0.15) is 0 Å². The van der Waals surface area contributed by atoms with Crippen molar-refractivity contribution < 1.29 is 4.74 Å². The maximum absolute atomic E-state index is 6.18. The second-order valence-corrected chi connectivity index (χ2v) is 8.20. The zero-order valence-electron chi connectivity index (χ0n) is 18.1. The average molecular weight is 423 g/mol. The molecule has 0 saturated heterocycles. The van der Waals surface area contributed by atoms with E-state index in [1.807, 2.05) is 36.4 Å². The van der Waals surface area contributed by atoms with Crippen LogP contribution in [-0.2, 0) is 0 Å². The number of anilines is 2. The average Bonchev–Trinajstić information content (AvgIpc) is 2.89. The number of hydrogen-bond donors (Lipinski definition) is 0. The fourth-order valence-corrected chi connectivity index (χ4v) is 4.74.